The molecule has 0 saturated heterocycles. The highest BCUT2D eigenvalue weighted by Gasteiger charge is 2.29. The third-order valence-electron chi connectivity index (χ3n) is 7.54. The van der Waals surface area contributed by atoms with Crippen LogP contribution in [0.4, 0.5) is 10.5 Å². The molecule has 1 unspecified atom stereocenters. The van der Waals surface area contributed by atoms with E-state index in [4.69, 9.17) is 19.9 Å². The van der Waals surface area contributed by atoms with Crippen LogP contribution in [0.15, 0.2) is 36.4 Å². The van der Waals surface area contributed by atoms with Gasteiger partial charge in [0.05, 0.1) is 26.4 Å². The van der Waals surface area contributed by atoms with E-state index in [2.05, 4.69) is 26.6 Å². The summed E-state index contributed by atoms with van der Waals surface area (Å²) in [6, 6.07) is 3.94. The van der Waals surface area contributed by atoms with Gasteiger partial charge in [-0.1, -0.05) is 26.0 Å². The van der Waals surface area contributed by atoms with Crippen molar-refractivity contribution in [2.45, 2.75) is 71.4 Å². The van der Waals surface area contributed by atoms with Gasteiger partial charge >= 0.3 is 12.0 Å². The molecule has 18 nitrogen and oxygen atoms in total. The van der Waals surface area contributed by atoms with Crippen molar-refractivity contribution in [1.82, 2.24) is 26.2 Å². The number of aliphatic hydroxyl groups is 1. The van der Waals surface area contributed by atoms with Crippen LogP contribution in [-0.4, -0.2) is 116 Å². The second kappa shape index (κ2) is 23.4. The Morgan fingerprint density at radius 3 is 2.19 bits per heavy atom. The summed E-state index contributed by atoms with van der Waals surface area (Å²) < 4.78 is 15.8. The third-order valence-corrected chi connectivity index (χ3v) is 7.54. The Morgan fingerprint density at radius 1 is 0.885 bits per heavy atom. The predicted molar refractivity (Wildman–Crippen MR) is 187 cm³/mol. The Labute approximate surface area is 302 Å². The second-order valence-corrected chi connectivity index (χ2v) is 12.1. The average molecular weight is 734 g/mol. The molecule has 0 spiro atoms. The third kappa shape index (κ3) is 17.2. The van der Waals surface area contributed by atoms with Crippen LogP contribution < -0.4 is 32.3 Å². The molecule has 18 heteroatoms. The predicted octanol–water partition coefficient (Wildman–Crippen LogP) is -0.591. The minimum absolute atomic E-state index is 0.0353. The van der Waals surface area contributed by atoms with Crippen molar-refractivity contribution < 1.29 is 52.9 Å². The summed E-state index contributed by atoms with van der Waals surface area (Å²) in [5.74, 6) is -2.89. The number of anilines is 1. The monoisotopic (exact) mass is 733 g/mol. The highest BCUT2D eigenvalue weighted by atomic mass is 16.5. The van der Waals surface area contributed by atoms with Crippen molar-refractivity contribution in [2.75, 3.05) is 51.4 Å². The minimum Gasteiger partial charge on any atom is -0.461 e. The van der Waals surface area contributed by atoms with Gasteiger partial charge in [0, 0.05) is 51.2 Å². The van der Waals surface area contributed by atoms with Gasteiger partial charge in [-0.25, -0.2) is 4.79 Å². The molecule has 1 aliphatic heterocycles. The van der Waals surface area contributed by atoms with E-state index in [-0.39, 0.29) is 89.7 Å². The van der Waals surface area contributed by atoms with Gasteiger partial charge in [0.2, 0.25) is 29.5 Å². The van der Waals surface area contributed by atoms with Gasteiger partial charge in [-0.3, -0.25) is 28.8 Å². The van der Waals surface area contributed by atoms with Gasteiger partial charge < -0.3 is 56.5 Å². The number of hydrogen-bond acceptors (Lipinski definition) is 11. The van der Waals surface area contributed by atoms with E-state index < -0.39 is 48.0 Å². The van der Waals surface area contributed by atoms with Gasteiger partial charge in [0.25, 0.3) is 0 Å². The van der Waals surface area contributed by atoms with E-state index in [9.17, 15) is 38.7 Å². The standard InChI is InChI=1S/C34H51N7O11/c1-22(2)31(40-28(44)13-17-50-19-20-51-18-15-36-27(43)12-16-41-29(45)10-11-30(41)46)33(48)39-26(5-4-14-37-34(35)49)32(47)38-25-8-6-24(7-9-25)21-52-23(3)42/h6-11,22,26,29,31,45H,4-5,12-21H2,1-3H3,(H,36,43)(H,38,47)(H,39,48)(H,40,44)(H3,35,37,49)/t26-,29?,31-/m0/s1. The number of primary amides is 1. The highest BCUT2D eigenvalue weighted by Crippen LogP contribution is 2.13. The molecule has 7 amide bonds. The quantitative estimate of drug-likeness (QED) is 0.0522. The molecule has 1 aromatic carbocycles. The summed E-state index contributed by atoms with van der Waals surface area (Å²) in [4.78, 5) is 86.1. The topological polar surface area (TPSA) is 257 Å². The maximum Gasteiger partial charge on any atom is 0.312 e. The van der Waals surface area contributed by atoms with Gasteiger partial charge in [-0.05, 0) is 42.5 Å². The number of carbonyl (C=O) groups excluding carboxylic acids is 7. The number of nitrogens with two attached hydrogens (primary N) is 1. The van der Waals surface area contributed by atoms with Gasteiger partial charge in [0.15, 0.2) is 0 Å². The fraction of sp³-hybridized carbons (Fsp3) is 0.559. The number of nitrogens with one attached hydrogen (secondary N) is 5. The highest BCUT2D eigenvalue weighted by molar-refractivity contribution is 5.98. The zero-order valence-corrected chi connectivity index (χ0v) is 29.8. The number of esters is 1. The fourth-order valence-corrected chi connectivity index (χ4v) is 4.73. The molecule has 8 N–H and O–H groups in total. The molecule has 0 saturated carbocycles. The van der Waals surface area contributed by atoms with Crippen LogP contribution in [0.2, 0.25) is 0 Å². The van der Waals surface area contributed by atoms with E-state index in [0.717, 1.165) is 5.56 Å². The number of urea groups is 1. The maximum absolute atomic E-state index is 13.3. The Balaban J connectivity index is 1.74. The summed E-state index contributed by atoms with van der Waals surface area (Å²) in [6.45, 7) is 6.09. The second-order valence-electron chi connectivity index (χ2n) is 12.1. The number of carbonyl (C=O) groups is 7. The molecule has 0 bridgehead atoms. The molecule has 0 aromatic heterocycles. The number of amides is 7. The number of hydrogen-bond donors (Lipinski definition) is 7. The number of nitrogens with zero attached hydrogens (tertiary/aromatic N) is 1. The molecule has 0 aliphatic carbocycles. The van der Waals surface area contributed by atoms with E-state index in [1.165, 1.54) is 24.0 Å². The first-order chi connectivity index (χ1) is 24.8. The van der Waals surface area contributed by atoms with Crippen LogP contribution in [0, 0.1) is 5.92 Å². The van der Waals surface area contributed by atoms with Crippen LogP contribution in [0.3, 0.4) is 0 Å². The molecule has 1 heterocycles. The number of aliphatic hydroxyl groups excluding tert-OH is 1. The molecule has 3 atom stereocenters. The Hall–Kier alpha value is -5.07. The zero-order chi connectivity index (χ0) is 38.5. The first-order valence-corrected chi connectivity index (χ1v) is 17.0. The van der Waals surface area contributed by atoms with Crippen molar-refractivity contribution in [2.24, 2.45) is 11.7 Å². The van der Waals surface area contributed by atoms with E-state index >= 15 is 0 Å². The van der Waals surface area contributed by atoms with E-state index in [1.54, 1.807) is 38.1 Å². The van der Waals surface area contributed by atoms with Crippen LogP contribution in [0.1, 0.15) is 52.0 Å². The SMILES string of the molecule is CC(=O)OCc1ccc(NC(=O)[C@H](CCCNC(N)=O)NC(=O)[C@@H](NC(=O)CCOCCOCCNC(=O)CCN2C(=O)C=CC2O)C(C)C)cc1. The summed E-state index contributed by atoms with van der Waals surface area (Å²) >= 11 is 0. The van der Waals surface area contributed by atoms with Gasteiger partial charge in [-0.2, -0.15) is 0 Å². The summed E-state index contributed by atoms with van der Waals surface area (Å²) in [5, 5.41) is 22.9. The zero-order valence-electron chi connectivity index (χ0n) is 29.8. The molecule has 0 fully saturated rings. The lowest BCUT2D eigenvalue weighted by Gasteiger charge is -2.25. The molecule has 288 valence electrons. The molecule has 52 heavy (non-hydrogen) atoms. The number of ether oxygens (including phenoxy) is 3. The van der Waals surface area contributed by atoms with Crippen LogP contribution >= 0.6 is 0 Å². The fourth-order valence-electron chi connectivity index (χ4n) is 4.73. The molecular weight excluding hydrogens is 682 g/mol. The number of benzene rings is 1. The van der Waals surface area contributed by atoms with Crippen molar-refractivity contribution >= 4 is 47.2 Å². The van der Waals surface area contributed by atoms with Crippen LogP contribution in [0.25, 0.3) is 0 Å². The summed E-state index contributed by atoms with van der Waals surface area (Å²) in [5.41, 5.74) is 6.29. The molecule has 0 radical (unpaired) electrons. The Kier molecular flexibility index (Phi) is 19.4. The van der Waals surface area contributed by atoms with Crippen molar-refractivity contribution in [3.8, 4) is 0 Å². The lowest BCUT2D eigenvalue weighted by molar-refractivity contribution is -0.142. The first-order valence-electron chi connectivity index (χ1n) is 17.0. The maximum atomic E-state index is 13.3. The summed E-state index contributed by atoms with van der Waals surface area (Å²) in [6.07, 6.45) is 2.08. The lowest BCUT2D eigenvalue weighted by Crippen LogP contribution is -2.54. The molecule has 2 rings (SSSR count). The number of rotatable bonds is 24. The van der Waals surface area contributed by atoms with E-state index in [1.807, 2.05) is 0 Å². The van der Waals surface area contributed by atoms with Crippen LogP contribution in [-0.2, 0) is 49.6 Å². The average Bonchev–Trinajstić information content (AvgIpc) is 3.41. The van der Waals surface area contributed by atoms with Gasteiger partial charge in [-0.15, -0.1) is 0 Å². The molecular formula is C34H51N7O11. The van der Waals surface area contributed by atoms with Crippen molar-refractivity contribution in [3.05, 3.63) is 42.0 Å². The first kappa shape index (κ1) is 43.1. The van der Waals surface area contributed by atoms with Gasteiger partial charge in [0.1, 0.15) is 24.9 Å². The van der Waals surface area contributed by atoms with Crippen LogP contribution in [0.5, 0.6) is 0 Å². The van der Waals surface area contributed by atoms with Crippen molar-refractivity contribution in [1.29, 1.82) is 0 Å². The largest absolute Gasteiger partial charge is 0.461 e. The molecule has 1 aromatic rings. The Morgan fingerprint density at radius 2 is 1.58 bits per heavy atom. The van der Waals surface area contributed by atoms with E-state index in [0.29, 0.717) is 12.1 Å². The molecule has 1 aliphatic rings. The van der Waals surface area contributed by atoms with Crippen molar-refractivity contribution in [3.63, 3.8) is 0 Å². The minimum atomic E-state index is -1.02. The normalized spacial score (nSPS) is 14.8. The smallest absolute Gasteiger partial charge is 0.312 e. The summed E-state index contributed by atoms with van der Waals surface area (Å²) in [7, 11) is 0. The Bertz CT molecular complexity index is 1390. The lowest BCUT2D eigenvalue weighted by atomic mass is 10.0.